The van der Waals surface area contributed by atoms with Crippen LogP contribution in [0.5, 0.6) is 0 Å². The van der Waals surface area contributed by atoms with Crippen LogP contribution in [0.2, 0.25) is 0 Å². The molecule has 0 heterocycles. The third-order valence-corrected chi connectivity index (χ3v) is 10.8. The first-order valence-electron chi connectivity index (χ1n) is 17.7. The van der Waals surface area contributed by atoms with Gasteiger partial charge < -0.3 is 0 Å². The Morgan fingerprint density at radius 1 is 0.426 bits per heavy atom. The van der Waals surface area contributed by atoms with Gasteiger partial charge in [0.25, 0.3) is 0 Å². The lowest BCUT2D eigenvalue weighted by Crippen LogP contribution is -2.17. The third-order valence-electron chi connectivity index (χ3n) is 10.5. The number of fused-ring (bicyclic) bond motifs is 4. The maximum Gasteiger partial charge on any atom is 0.0477 e. The van der Waals surface area contributed by atoms with Crippen LogP contribution in [0.15, 0.2) is 60.7 Å². The van der Waals surface area contributed by atoms with Gasteiger partial charge in [0.15, 0.2) is 0 Å². The molecule has 0 aliphatic heterocycles. The van der Waals surface area contributed by atoms with Gasteiger partial charge in [0, 0.05) is 5.88 Å². The zero-order chi connectivity index (χ0) is 34.7. The molecular formula is C46H59Cl. The van der Waals surface area contributed by atoms with Crippen molar-refractivity contribution in [3.8, 4) is 0 Å². The Morgan fingerprint density at radius 2 is 0.809 bits per heavy atom. The average Bonchev–Trinajstić information content (AvgIpc) is 2.96. The maximum atomic E-state index is 6.30. The number of halogens is 1. The summed E-state index contributed by atoms with van der Waals surface area (Å²) >= 11 is 6.30. The Labute approximate surface area is 292 Å². The fourth-order valence-corrected chi connectivity index (χ4v) is 7.36. The summed E-state index contributed by atoms with van der Waals surface area (Å²) in [7, 11) is 0. The Morgan fingerprint density at radius 3 is 1.23 bits per heavy atom. The number of hydrogen-bond donors (Lipinski definition) is 0. The summed E-state index contributed by atoms with van der Waals surface area (Å²) in [6.07, 6.45) is 4.22. The van der Waals surface area contributed by atoms with Crippen LogP contribution < -0.4 is 0 Å². The lowest BCUT2D eigenvalue weighted by molar-refractivity contribution is 0.586. The van der Waals surface area contributed by atoms with Crippen LogP contribution in [0, 0.1) is 6.92 Å². The SMILES string of the molecule is CC(C)(C)c1ccc2c(c1)Cc1cc(C(C)(C)C)cc(CCl)c1C2.Cc1cc(C(C)(C)C)cc2c1Cc1ccc(C(C)(C)C)cc1C2. The summed E-state index contributed by atoms with van der Waals surface area (Å²) in [6.45, 7) is 29.8. The van der Waals surface area contributed by atoms with Gasteiger partial charge in [-0.2, -0.15) is 0 Å². The van der Waals surface area contributed by atoms with Crippen molar-refractivity contribution < 1.29 is 0 Å². The summed E-state index contributed by atoms with van der Waals surface area (Å²) < 4.78 is 0. The van der Waals surface area contributed by atoms with E-state index in [1.165, 1.54) is 72.3 Å². The van der Waals surface area contributed by atoms with E-state index in [0.717, 1.165) is 25.7 Å². The molecule has 0 radical (unpaired) electrons. The molecule has 0 atom stereocenters. The van der Waals surface area contributed by atoms with Crippen molar-refractivity contribution in [3.63, 3.8) is 0 Å². The van der Waals surface area contributed by atoms with Crippen molar-refractivity contribution in [3.05, 3.63) is 139 Å². The van der Waals surface area contributed by atoms with Gasteiger partial charge in [0.05, 0.1) is 0 Å². The van der Waals surface area contributed by atoms with Crippen LogP contribution in [-0.4, -0.2) is 0 Å². The minimum absolute atomic E-state index is 0.156. The van der Waals surface area contributed by atoms with Gasteiger partial charge >= 0.3 is 0 Å². The molecule has 2 aliphatic carbocycles. The first-order valence-corrected chi connectivity index (χ1v) is 18.3. The third kappa shape index (κ3) is 7.75. The minimum atomic E-state index is 0.156. The molecule has 47 heavy (non-hydrogen) atoms. The van der Waals surface area contributed by atoms with Crippen molar-refractivity contribution in [2.45, 2.75) is 143 Å². The number of rotatable bonds is 1. The highest BCUT2D eigenvalue weighted by Crippen LogP contribution is 2.37. The molecule has 0 amide bonds. The topological polar surface area (TPSA) is 0 Å². The minimum Gasteiger partial charge on any atom is -0.122 e. The van der Waals surface area contributed by atoms with E-state index in [1.54, 1.807) is 5.56 Å². The van der Waals surface area contributed by atoms with Gasteiger partial charge in [-0.15, -0.1) is 11.6 Å². The lowest BCUT2D eigenvalue weighted by atomic mass is 9.77. The smallest absolute Gasteiger partial charge is 0.0477 e. The zero-order valence-electron chi connectivity index (χ0n) is 31.7. The average molecular weight is 647 g/mol. The molecule has 0 nitrogen and oxygen atoms in total. The van der Waals surface area contributed by atoms with E-state index in [9.17, 15) is 0 Å². The van der Waals surface area contributed by atoms with E-state index in [1.807, 2.05) is 0 Å². The highest BCUT2D eigenvalue weighted by atomic mass is 35.5. The largest absolute Gasteiger partial charge is 0.122 e. The lowest BCUT2D eigenvalue weighted by Gasteiger charge is -2.28. The van der Waals surface area contributed by atoms with E-state index in [0.29, 0.717) is 5.88 Å². The van der Waals surface area contributed by atoms with E-state index in [2.05, 4.69) is 151 Å². The Balaban J connectivity index is 0.000000185. The van der Waals surface area contributed by atoms with Gasteiger partial charge in [0.1, 0.15) is 0 Å². The second kappa shape index (κ2) is 12.6. The summed E-state index contributed by atoms with van der Waals surface area (Å²) in [5.41, 5.74) is 21.3. The highest BCUT2D eigenvalue weighted by molar-refractivity contribution is 6.17. The molecule has 0 saturated carbocycles. The molecule has 0 aromatic heterocycles. The van der Waals surface area contributed by atoms with Gasteiger partial charge in [-0.05, 0) is 132 Å². The molecule has 0 spiro atoms. The van der Waals surface area contributed by atoms with Crippen LogP contribution in [0.25, 0.3) is 0 Å². The van der Waals surface area contributed by atoms with Gasteiger partial charge in [-0.25, -0.2) is 0 Å². The fraction of sp³-hybridized carbons (Fsp3) is 0.478. The molecule has 2 aliphatic rings. The zero-order valence-corrected chi connectivity index (χ0v) is 32.4. The monoisotopic (exact) mass is 646 g/mol. The van der Waals surface area contributed by atoms with Crippen LogP contribution in [-0.2, 0) is 53.2 Å². The molecule has 250 valence electrons. The number of alkyl halides is 1. The predicted octanol–water partition coefficient (Wildman–Crippen LogP) is 12.6. The number of aryl methyl sites for hydroxylation is 1. The van der Waals surface area contributed by atoms with Crippen molar-refractivity contribution in [2.24, 2.45) is 0 Å². The highest BCUT2D eigenvalue weighted by Gasteiger charge is 2.25. The molecule has 0 saturated heterocycles. The summed E-state index contributed by atoms with van der Waals surface area (Å²) in [4.78, 5) is 0. The van der Waals surface area contributed by atoms with Gasteiger partial charge in [0.2, 0.25) is 0 Å². The maximum absolute atomic E-state index is 6.30. The van der Waals surface area contributed by atoms with E-state index < -0.39 is 0 Å². The fourth-order valence-electron chi connectivity index (χ4n) is 7.12. The normalized spacial score (nSPS) is 14.3. The summed E-state index contributed by atoms with van der Waals surface area (Å²) in [5, 5.41) is 0. The van der Waals surface area contributed by atoms with Crippen LogP contribution in [0.3, 0.4) is 0 Å². The van der Waals surface area contributed by atoms with Crippen molar-refractivity contribution in [1.82, 2.24) is 0 Å². The second-order valence-corrected chi connectivity index (χ2v) is 18.8. The van der Waals surface area contributed by atoms with E-state index in [4.69, 9.17) is 11.6 Å². The Bertz CT molecular complexity index is 1790. The summed E-state index contributed by atoms with van der Waals surface area (Å²) in [5.74, 6) is 0.599. The summed E-state index contributed by atoms with van der Waals surface area (Å²) in [6, 6.07) is 23.8. The molecule has 4 aromatic carbocycles. The Hall–Kier alpha value is -2.83. The Kier molecular flexibility index (Phi) is 9.48. The molecule has 0 unspecified atom stereocenters. The quantitative estimate of drug-likeness (QED) is 0.156. The molecular weight excluding hydrogens is 588 g/mol. The molecule has 0 fully saturated rings. The van der Waals surface area contributed by atoms with Crippen LogP contribution >= 0.6 is 11.6 Å². The molecule has 1 heteroatoms. The van der Waals surface area contributed by atoms with Crippen LogP contribution in [0.4, 0.5) is 0 Å². The standard InChI is InChI=1S/C23H29Cl.C23H30/c1-22(2,3)19-8-7-15-13-21-17(9-16(15)10-19)11-20(23(4,5)6)12-18(21)14-24;1-15-10-20(23(5,6)7)13-18-11-17-12-19(22(2,3)4)9-8-16(17)14-21(15)18/h7-8,10-12H,9,13-14H2,1-6H3;8-10,12-13H,11,14H2,1-7H3. The predicted molar refractivity (Wildman–Crippen MR) is 206 cm³/mol. The first-order chi connectivity index (χ1) is 21.6. The van der Waals surface area contributed by atoms with Gasteiger partial charge in [-0.3, -0.25) is 0 Å². The molecule has 0 bridgehead atoms. The van der Waals surface area contributed by atoms with Crippen molar-refractivity contribution >= 4 is 11.6 Å². The molecule has 0 N–H and O–H groups in total. The van der Waals surface area contributed by atoms with E-state index in [-0.39, 0.29) is 21.7 Å². The number of benzene rings is 4. The van der Waals surface area contributed by atoms with Crippen LogP contribution in [0.1, 0.15) is 161 Å². The van der Waals surface area contributed by atoms with Crippen molar-refractivity contribution in [1.29, 1.82) is 0 Å². The first kappa shape index (κ1) is 35.5. The van der Waals surface area contributed by atoms with Crippen molar-refractivity contribution in [2.75, 3.05) is 0 Å². The number of hydrogen-bond acceptors (Lipinski definition) is 0. The molecule has 4 aromatic rings. The van der Waals surface area contributed by atoms with Gasteiger partial charge in [-0.1, -0.05) is 144 Å². The van der Waals surface area contributed by atoms with E-state index >= 15 is 0 Å². The molecule has 6 rings (SSSR count). The second-order valence-electron chi connectivity index (χ2n) is 18.5.